The molecule has 2 aromatic heterocycles. The summed E-state index contributed by atoms with van der Waals surface area (Å²) in [5.74, 6) is 0.659. The maximum atomic E-state index is 12.0. The first-order valence-corrected chi connectivity index (χ1v) is 6.75. The molecule has 0 saturated heterocycles. The minimum absolute atomic E-state index is 0.138. The summed E-state index contributed by atoms with van der Waals surface area (Å²) in [5, 5.41) is 11.4. The molecule has 0 amide bonds. The molecule has 8 heteroatoms. The summed E-state index contributed by atoms with van der Waals surface area (Å²) in [5.41, 5.74) is 0.505. The highest BCUT2D eigenvalue weighted by atomic mass is 79.9. The lowest BCUT2D eigenvalue weighted by Gasteiger charge is -2.08. The van der Waals surface area contributed by atoms with Crippen LogP contribution in [-0.4, -0.2) is 24.5 Å². The summed E-state index contributed by atoms with van der Waals surface area (Å²) in [7, 11) is 1.81. The van der Waals surface area contributed by atoms with Crippen LogP contribution in [0.1, 0.15) is 19.2 Å². The van der Waals surface area contributed by atoms with E-state index in [9.17, 15) is 4.79 Å². The highest BCUT2D eigenvalue weighted by molar-refractivity contribution is 9.10. The van der Waals surface area contributed by atoms with E-state index in [1.165, 1.54) is 4.68 Å². The van der Waals surface area contributed by atoms with E-state index in [2.05, 4.69) is 36.4 Å². The minimum atomic E-state index is -0.138. The van der Waals surface area contributed by atoms with Crippen molar-refractivity contribution >= 4 is 21.6 Å². The minimum Gasteiger partial charge on any atom is -0.375 e. The van der Waals surface area contributed by atoms with Gasteiger partial charge < -0.3 is 5.32 Å². The molecule has 0 aliphatic rings. The predicted molar refractivity (Wildman–Crippen MR) is 74.8 cm³/mol. The predicted octanol–water partition coefficient (Wildman–Crippen LogP) is 1.16. The van der Waals surface area contributed by atoms with Gasteiger partial charge in [0.15, 0.2) is 5.82 Å². The van der Waals surface area contributed by atoms with Crippen molar-refractivity contribution in [1.82, 2.24) is 24.5 Å². The number of nitrogens with one attached hydrogen (secondary N) is 1. The van der Waals surface area contributed by atoms with Crippen LogP contribution >= 0.6 is 15.9 Å². The lowest BCUT2D eigenvalue weighted by atomic mass is 10.4. The molecule has 2 rings (SSSR count). The third-order valence-corrected chi connectivity index (χ3v) is 3.27. The maximum Gasteiger partial charge on any atom is 0.283 e. The van der Waals surface area contributed by atoms with Gasteiger partial charge in [0.1, 0.15) is 10.8 Å². The SMILES string of the molecule is CCCn1ncc(NCc2ncn(C)n2)c(Br)c1=O. The Morgan fingerprint density at radius 2 is 2.26 bits per heavy atom. The molecule has 1 N–H and O–H groups in total. The number of aryl methyl sites for hydroxylation is 2. The highest BCUT2D eigenvalue weighted by Gasteiger charge is 2.08. The fraction of sp³-hybridized carbons (Fsp3) is 0.455. The quantitative estimate of drug-likeness (QED) is 0.892. The number of halogens is 1. The third-order valence-electron chi connectivity index (χ3n) is 2.50. The van der Waals surface area contributed by atoms with E-state index in [0.717, 1.165) is 6.42 Å². The number of anilines is 1. The van der Waals surface area contributed by atoms with E-state index >= 15 is 0 Å². The Labute approximate surface area is 118 Å². The van der Waals surface area contributed by atoms with Crippen LogP contribution in [0.5, 0.6) is 0 Å². The first kappa shape index (κ1) is 13.7. The number of hydrogen-bond donors (Lipinski definition) is 1. The van der Waals surface area contributed by atoms with Crippen molar-refractivity contribution in [1.29, 1.82) is 0 Å². The molecule has 0 bridgehead atoms. The van der Waals surface area contributed by atoms with Gasteiger partial charge in [-0.3, -0.25) is 9.48 Å². The van der Waals surface area contributed by atoms with E-state index in [0.29, 0.717) is 29.1 Å². The molecule has 7 nitrogen and oxygen atoms in total. The van der Waals surface area contributed by atoms with Crippen molar-refractivity contribution < 1.29 is 0 Å². The fourth-order valence-electron chi connectivity index (χ4n) is 1.60. The van der Waals surface area contributed by atoms with Crippen molar-refractivity contribution in [2.45, 2.75) is 26.4 Å². The van der Waals surface area contributed by atoms with Crippen LogP contribution in [0.3, 0.4) is 0 Å². The van der Waals surface area contributed by atoms with Crippen LogP contribution in [0.25, 0.3) is 0 Å². The Morgan fingerprint density at radius 3 is 2.89 bits per heavy atom. The first-order valence-electron chi connectivity index (χ1n) is 5.95. The molecule has 102 valence electrons. The molecule has 0 atom stereocenters. The Morgan fingerprint density at radius 1 is 1.47 bits per heavy atom. The van der Waals surface area contributed by atoms with Gasteiger partial charge >= 0.3 is 0 Å². The van der Waals surface area contributed by atoms with Crippen LogP contribution in [0.2, 0.25) is 0 Å². The summed E-state index contributed by atoms with van der Waals surface area (Å²) in [6.07, 6.45) is 4.12. The van der Waals surface area contributed by atoms with Crippen LogP contribution < -0.4 is 10.9 Å². The van der Waals surface area contributed by atoms with Crippen LogP contribution in [-0.2, 0) is 20.1 Å². The molecule has 0 unspecified atom stereocenters. The summed E-state index contributed by atoms with van der Waals surface area (Å²) in [4.78, 5) is 16.1. The number of rotatable bonds is 5. The zero-order valence-electron chi connectivity index (χ0n) is 10.8. The van der Waals surface area contributed by atoms with E-state index in [-0.39, 0.29) is 5.56 Å². The molecule has 0 aromatic carbocycles. The molecule has 0 saturated carbocycles. The van der Waals surface area contributed by atoms with E-state index in [1.54, 1.807) is 24.3 Å². The van der Waals surface area contributed by atoms with Crippen molar-refractivity contribution in [3.8, 4) is 0 Å². The molecule has 19 heavy (non-hydrogen) atoms. The molecular weight excluding hydrogens is 312 g/mol. The number of nitrogens with zero attached hydrogens (tertiary/aromatic N) is 5. The van der Waals surface area contributed by atoms with Crippen molar-refractivity contribution in [2.75, 3.05) is 5.32 Å². The van der Waals surface area contributed by atoms with E-state index < -0.39 is 0 Å². The average Bonchev–Trinajstić information content (AvgIpc) is 2.80. The maximum absolute atomic E-state index is 12.0. The summed E-state index contributed by atoms with van der Waals surface area (Å²) < 4.78 is 3.55. The van der Waals surface area contributed by atoms with Crippen molar-refractivity contribution in [2.24, 2.45) is 7.05 Å². The number of aromatic nitrogens is 5. The second-order valence-corrected chi connectivity index (χ2v) is 4.88. The smallest absolute Gasteiger partial charge is 0.283 e. The zero-order chi connectivity index (χ0) is 13.8. The Kier molecular flexibility index (Phi) is 4.31. The molecule has 0 aliphatic heterocycles. The standard InChI is InChI=1S/C11H15BrN6O/c1-3-4-18-11(19)10(12)8(5-15-18)13-6-9-14-7-17(2)16-9/h5,7,13H,3-4,6H2,1-2H3. The normalized spacial score (nSPS) is 10.7. The van der Waals surface area contributed by atoms with Gasteiger partial charge in [0, 0.05) is 13.6 Å². The fourth-order valence-corrected chi connectivity index (χ4v) is 2.05. The van der Waals surface area contributed by atoms with E-state index in [1.807, 2.05) is 6.92 Å². The second kappa shape index (κ2) is 5.96. The van der Waals surface area contributed by atoms with E-state index in [4.69, 9.17) is 0 Å². The molecule has 0 fully saturated rings. The molecule has 2 aromatic rings. The third kappa shape index (κ3) is 3.19. The molecule has 0 radical (unpaired) electrons. The highest BCUT2D eigenvalue weighted by Crippen LogP contribution is 2.16. The monoisotopic (exact) mass is 326 g/mol. The Balaban J connectivity index is 2.13. The van der Waals surface area contributed by atoms with Gasteiger partial charge in [0.05, 0.1) is 18.4 Å². The average molecular weight is 327 g/mol. The van der Waals surface area contributed by atoms with Gasteiger partial charge in [0.2, 0.25) is 0 Å². The van der Waals surface area contributed by atoms with Crippen LogP contribution in [0.4, 0.5) is 5.69 Å². The first-order chi connectivity index (χ1) is 9.11. The van der Waals surface area contributed by atoms with Crippen molar-refractivity contribution in [3.63, 3.8) is 0 Å². The molecule has 0 spiro atoms. The largest absolute Gasteiger partial charge is 0.375 e. The van der Waals surface area contributed by atoms with Gasteiger partial charge in [-0.05, 0) is 22.4 Å². The topological polar surface area (TPSA) is 77.6 Å². The van der Waals surface area contributed by atoms with Crippen LogP contribution in [0, 0.1) is 0 Å². The van der Waals surface area contributed by atoms with Crippen molar-refractivity contribution in [3.05, 3.63) is 33.2 Å². The summed E-state index contributed by atoms with van der Waals surface area (Å²) in [6.45, 7) is 3.05. The lowest BCUT2D eigenvalue weighted by molar-refractivity contribution is 0.566. The summed E-state index contributed by atoms with van der Waals surface area (Å²) in [6, 6.07) is 0. The molecule has 2 heterocycles. The van der Waals surface area contributed by atoms with Gasteiger partial charge in [0.25, 0.3) is 5.56 Å². The lowest BCUT2D eigenvalue weighted by Crippen LogP contribution is -2.24. The van der Waals surface area contributed by atoms with Gasteiger partial charge in [-0.2, -0.15) is 10.2 Å². The molecule has 0 aliphatic carbocycles. The second-order valence-electron chi connectivity index (χ2n) is 4.09. The Bertz CT molecular complexity index is 620. The van der Waals surface area contributed by atoms with Crippen LogP contribution in [0.15, 0.2) is 21.8 Å². The van der Waals surface area contributed by atoms with Gasteiger partial charge in [-0.15, -0.1) is 0 Å². The number of hydrogen-bond acceptors (Lipinski definition) is 5. The van der Waals surface area contributed by atoms with Gasteiger partial charge in [-0.1, -0.05) is 6.92 Å². The molecular formula is C11H15BrN6O. The summed E-state index contributed by atoms with van der Waals surface area (Å²) >= 11 is 3.30. The Hall–Kier alpha value is -1.70. The zero-order valence-corrected chi connectivity index (χ0v) is 12.4. The van der Waals surface area contributed by atoms with Gasteiger partial charge in [-0.25, -0.2) is 9.67 Å².